The lowest BCUT2D eigenvalue weighted by Gasteiger charge is -2.14. The van der Waals surface area contributed by atoms with Crippen molar-refractivity contribution in [3.63, 3.8) is 0 Å². The summed E-state index contributed by atoms with van der Waals surface area (Å²) in [4.78, 5) is 23.9. The van der Waals surface area contributed by atoms with Crippen LogP contribution < -0.4 is 5.32 Å². The van der Waals surface area contributed by atoms with Crippen LogP contribution in [0.15, 0.2) is 60.7 Å². The second-order valence-corrected chi connectivity index (χ2v) is 7.78. The Kier molecular flexibility index (Phi) is 6.47. The number of esters is 1. The zero-order valence-electron chi connectivity index (χ0n) is 17.0. The van der Waals surface area contributed by atoms with Gasteiger partial charge in [0.05, 0.1) is 6.42 Å². The van der Waals surface area contributed by atoms with E-state index in [0.29, 0.717) is 6.54 Å². The Hall–Kier alpha value is -3.08. The maximum atomic E-state index is 12.1. The van der Waals surface area contributed by atoms with Gasteiger partial charge in [0.15, 0.2) is 0 Å². The molecule has 0 spiro atoms. The Bertz CT molecular complexity index is 885. The molecule has 0 saturated heterocycles. The van der Waals surface area contributed by atoms with Crippen molar-refractivity contribution in [1.82, 2.24) is 5.32 Å². The molecule has 5 nitrogen and oxygen atoms in total. The van der Waals surface area contributed by atoms with Crippen LogP contribution in [0.1, 0.15) is 49.1 Å². The minimum absolute atomic E-state index is 0.0454. The summed E-state index contributed by atoms with van der Waals surface area (Å²) in [5.41, 5.74) is 4.78. The maximum absolute atomic E-state index is 12.1. The van der Waals surface area contributed by atoms with Crippen LogP contribution in [0, 0.1) is 0 Å². The number of benzene rings is 2. The Morgan fingerprint density at radius 3 is 2.23 bits per heavy atom. The van der Waals surface area contributed by atoms with E-state index >= 15 is 0 Å². The molecule has 1 saturated carbocycles. The predicted octanol–water partition coefficient (Wildman–Crippen LogP) is 4.96. The van der Waals surface area contributed by atoms with Crippen molar-refractivity contribution < 1.29 is 19.1 Å². The van der Waals surface area contributed by atoms with Crippen LogP contribution in [0.3, 0.4) is 0 Å². The van der Waals surface area contributed by atoms with E-state index in [9.17, 15) is 9.59 Å². The molecule has 0 aliphatic heterocycles. The van der Waals surface area contributed by atoms with E-state index < -0.39 is 6.09 Å². The van der Waals surface area contributed by atoms with Crippen molar-refractivity contribution in [2.24, 2.45) is 0 Å². The van der Waals surface area contributed by atoms with Crippen molar-refractivity contribution in [3.8, 4) is 11.1 Å². The SMILES string of the molecule is O=C(C/C=C/CNC(=O)OCC1c2ccccc2-c2ccccc21)OC1CCCC1. The minimum Gasteiger partial charge on any atom is -0.462 e. The molecule has 0 unspecified atom stereocenters. The van der Waals surface area contributed by atoms with Gasteiger partial charge in [-0.1, -0.05) is 60.7 Å². The molecule has 30 heavy (non-hydrogen) atoms. The molecule has 2 aromatic carbocycles. The second-order valence-electron chi connectivity index (χ2n) is 7.78. The number of fused-ring (bicyclic) bond motifs is 3. The molecule has 1 fully saturated rings. The highest BCUT2D eigenvalue weighted by molar-refractivity contribution is 5.79. The molecule has 156 valence electrons. The largest absolute Gasteiger partial charge is 0.462 e. The molecule has 0 atom stereocenters. The molecule has 1 N–H and O–H groups in total. The van der Waals surface area contributed by atoms with E-state index in [4.69, 9.17) is 9.47 Å². The molecule has 0 bridgehead atoms. The molecule has 5 heteroatoms. The average Bonchev–Trinajstić information content (AvgIpc) is 3.38. The lowest BCUT2D eigenvalue weighted by atomic mass is 9.98. The normalized spacial score (nSPS) is 15.7. The average molecular weight is 405 g/mol. The summed E-state index contributed by atoms with van der Waals surface area (Å²) in [5, 5.41) is 2.70. The monoisotopic (exact) mass is 405 g/mol. The van der Waals surface area contributed by atoms with Gasteiger partial charge in [0.25, 0.3) is 0 Å². The van der Waals surface area contributed by atoms with E-state index in [1.807, 2.05) is 24.3 Å². The highest BCUT2D eigenvalue weighted by atomic mass is 16.5. The Morgan fingerprint density at radius 2 is 1.57 bits per heavy atom. The fraction of sp³-hybridized carbons (Fsp3) is 0.360. The number of amides is 1. The predicted molar refractivity (Wildman–Crippen MR) is 115 cm³/mol. The first-order chi connectivity index (χ1) is 14.7. The molecule has 2 aliphatic carbocycles. The summed E-state index contributed by atoms with van der Waals surface area (Å²) in [6, 6.07) is 16.5. The van der Waals surface area contributed by atoms with Crippen molar-refractivity contribution in [3.05, 3.63) is 71.8 Å². The first-order valence-electron chi connectivity index (χ1n) is 10.7. The highest BCUT2D eigenvalue weighted by Crippen LogP contribution is 2.44. The zero-order valence-corrected chi connectivity index (χ0v) is 17.0. The van der Waals surface area contributed by atoms with Gasteiger partial charge in [0.1, 0.15) is 12.7 Å². The zero-order chi connectivity index (χ0) is 20.8. The van der Waals surface area contributed by atoms with Gasteiger partial charge in [-0.05, 0) is 47.9 Å². The van der Waals surface area contributed by atoms with Crippen LogP contribution in [0.25, 0.3) is 11.1 Å². The van der Waals surface area contributed by atoms with Crippen molar-refractivity contribution >= 4 is 12.1 Å². The lowest BCUT2D eigenvalue weighted by molar-refractivity contribution is -0.147. The summed E-state index contributed by atoms with van der Waals surface area (Å²) in [6.45, 7) is 0.602. The molecule has 0 radical (unpaired) electrons. The Morgan fingerprint density at radius 1 is 0.933 bits per heavy atom. The van der Waals surface area contributed by atoms with Crippen molar-refractivity contribution in [1.29, 1.82) is 0 Å². The Balaban J connectivity index is 1.21. The fourth-order valence-electron chi connectivity index (χ4n) is 4.29. The number of hydrogen-bond donors (Lipinski definition) is 1. The van der Waals surface area contributed by atoms with E-state index in [1.165, 1.54) is 22.3 Å². The van der Waals surface area contributed by atoms with Gasteiger partial charge in [0, 0.05) is 12.5 Å². The smallest absolute Gasteiger partial charge is 0.407 e. The number of carbonyl (C=O) groups is 2. The third kappa shape index (κ3) is 4.73. The summed E-state index contributed by atoms with van der Waals surface area (Å²) in [7, 11) is 0. The molecular weight excluding hydrogens is 378 g/mol. The molecule has 2 aliphatic rings. The Labute approximate surface area is 177 Å². The molecule has 0 aromatic heterocycles. The van der Waals surface area contributed by atoms with Crippen LogP contribution in [0.4, 0.5) is 4.79 Å². The van der Waals surface area contributed by atoms with E-state index in [0.717, 1.165) is 25.7 Å². The van der Waals surface area contributed by atoms with Crippen LogP contribution in [-0.4, -0.2) is 31.3 Å². The van der Waals surface area contributed by atoms with Gasteiger partial charge in [-0.25, -0.2) is 4.79 Å². The first kappa shape index (κ1) is 20.2. The lowest BCUT2D eigenvalue weighted by Crippen LogP contribution is -2.26. The number of ether oxygens (including phenoxy) is 2. The van der Waals surface area contributed by atoms with Crippen molar-refractivity contribution in [2.75, 3.05) is 13.2 Å². The van der Waals surface area contributed by atoms with E-state index in [1.54, 1.807) is 12.2 Å². The number of nitrogens with one attached hydrogen (secondary N) is 1. The molecular formula is C25H27NO4. The van der Waals surface area contributed by atoms with Gasteiger partial charge < -0.3 is 14.8 Å². The molecule has 0 heterocycles. The summed E-state index contributed by atoms with van der Waals surface area (Å²) >= 11 is 0. The fourth-order valence-corrected chi connectivity index (χ4v) is 4.29. The summed E-state index contributed by atoms with van der Waals surface area (Å²) in [5.74, 6) is -0.164. The minimum atomic E-state index is -0.463. The molecule has 4 rings (SSSR count). The van der Waals surface area contributed by atoms with Gasteiger partial charge in [-0.3, -0.25) is 4.79 Å². The summed E-state index contributed by atoms with van der Waals surface area (Å²) in [6.07, 6.45) is 7.54. The second kappa shape index (κ2) is 9.61. The molecule has 2 aromatic rings. The topological polar surface area (TPSA) is 64.6 Å². The van der Waals surface area contributed by atoms with Crippen LogP contribution in [0.5, 0.6) is 0 Å². The maximum Gasteiger partial charge on any atom is 0.407 e. The van der Waals surface area contributed by atoms with Gasteiger partial charge in [0.2, 0.25) is 0 Å². The van der Waals surface area contributed by atoms with E-state index in [2.05, 4.69) is 29.6 Å². The summed E-state index contributed by atoms with van der Waals surface area (Å²) < 4.78 is 10.9. The number of alkyl carbamates (subject to hydrolysis) is 1. The quantitative estimate of drug-likeness (QED) is 0.522. The van der Waals surface area contributed by atoms with Gasteiger partial charge >= 0.3 is 12.1 Å². The number of hydrogen-bond acceptors (Lipinski definition) is 4. The third-order valence-electron chi connectivity index (χ3n) is 5.76. The number of rotatable bonds is 7. The van der Waals surface area contributed by atoms with Crippen LogP contribution >= 0.6 is 0 Å². The molecule has 1 amide bonds. The number of carbonyl (C=O) groups excluding carboxylic acids is 2. The van der Waals surface area contributed by atoms with Gasteiger partial charge in [-0.15, -0.1) is 0 Å². The highest BCUT2D eigenvalue weighted by Gasteiger charge is 2.28. The first-order valence-corrected chi connectivity index (χ1v) is 10.7. The van der Waals surface area contributed by atoms with E-state index in [-0.39, 0.29) is 31.0 Å². The van der Waals surface area contributed by atoms with Crippen molar-refractivity contribution in [2.45, 2.75) is 44.1 Å². The standard InChI is InChI=1S/C25H27NO4/c27-24(30-18-9-1-2-10-18)15-7-8-16-26-25(28)29-17-23-21-13-5-3-11-19(21)20-12-4-6-14-22(20)23/h3-8,11-14,18,23H,1-2,9-10,15-17H2,(H,26,28)/b8-7+. The third-order valence-corrected chi connectivity index (χ3v) is 5.76. The van der Waals surface area contributed by atoms with Gasteiger partial charge in [-0.2, -0.15) is 0 Å². The van der Waals surface area contributed by atoms with Crippen LogP contribution in [-0.2, 0) is 14.3 Å². The van der Waals surface area contributed by atoms with Crippen LogP contribution in [0.2, 0.25) is 0 Å².